The lowest BCUT2D eigenvalue weighted by atomic mass is 10.0. The summed E-state index contributed by atoms with van der Waals surface area (Å²) in [5.74, 6) is 1.46. The number of pyridine rings is 1. The topological polar surface area (TPSA) is 41.3 Å². The SMILES string of the molecule is CC(C)N1C(=S)N[C@@H](c2ccccn2)[C@@H]1c1ccc(-c2cccc(Cl)c2Cl)o1. The maximum Gasteiger partial charge on any atom is 0.170 e. The Labute approximate surface area is 179 Å². The molecule has 4 nitrogen and oxygen atoms in total. The van der Waals surface area contributed by atoms with Gasteiger partial charge in [0.15, 0.2) is 5.11 Å². The number of halogens is 2. The van der Waals surface area contributed by atoms with Crippen molar-refractivity contribution < 1.29 is 4.42 Å². The molecule has 3 aromatic rings. The summed E-state index contributed by atoms with van der Waals surface area (Å²) in [7, 11) is 0. The Bertz CT molecular complexity index is 1010. The van der Waals surface area contributed by atoms with Crippen LogP contribution in [-0.4, -0.2) is 21.0 Å². The summed E-state index contributed by atoms with van der Waals surface area (Å²) in [4.78, 5) is 6.68. The number of benzene rings is 1. The van der Waals surface area contributed by atoms with Gasteiger partial charge in [-0.1, -0.05) is 35.3 Å². The number of furan rings is 1. The summed E-state index contributed by atoms with van der Waals surface area (Å²) >= 11 is 18.2. The highest BCUT2D eigenvalue weighted by molar-refractivity contribution is 7.80. The van der Waals surface area contributed by atoms with Crippen LogP contribution in [0.5, 0.6) is 0 Å². The number of nitrogens with zero attached hydrogens (tertiary/aromatic N) is 2. The standard InChI is InChI=1S/C21H19Cl2N3OS/c1-12(2)26-20(19(25-21(26)28)15-8-3-4-11-24-15)17-10-9-16(27-17)13-6-5-7-14(22)18(13)23/h3-12,19-20H,1-2H3,(H,25,28)/t19-,20-/m0/s1. The van der Waals surface area contributed by atoms with Gasteiger partial charge in [0, 0.05) is 17.8 Å². The van der Waals surface area contributed by atoms with Crippen LogP contribution < -0.4 is 5.32 Å². The summed E-state index contributed by atoms with van der Waals surface area (Å²) in [5, 5.41) is 5.07. The number of rotatable bonds is 4. The largest absolute Gasteiger partial charge is 0.459 e. The maximum atomic E-state index is 6.38. The third kappa shape index (κ3) is 3.39. The Morgan fingerprint density at radius 2 is 1.93 bits per heavy atom. The normalized spacial score (nSPS) is 19.3. The number of thiocarbonyl (C=S) groups is 1. The van der Waals surface area contributed by atoms with E-state index in [1.54, 1.807) is 12.3 Å². The van der Waals surface area contributed by atoms with E-state index in [1.165, 1.54) is 0 Å². The average Bonchev–Trinajstić information content (AvgIpc) is 3.29. The summed E-state index contributed by atoms with van der Waals surface area (Å²) < 4.78 is 6.26. The van der Waals surface area contributed by atoms with Gasteiger partial charge in [-0.05, 0) is 62.5 Å². The molecule has 0 radical (unpaired) electrons. The zero-order valence-corrected chi connectivity index (χ0v) is 17.7. The van der Waals surface area contributed by atoms with E-state index in [9.17, 15) is 0 Å². The highest BCUT2D eigenvalue weighted by Crippen LogP contribution is 2.42. The van der Waals surface area contributed by atoms with Crippen LogP contribution in [0.1, 0.15) is 37.4 Å². The molecule has 2 atom stereocenters. The smallest absolute Gasteiger partial charge is 0.170 e. The third-order valence-electron chi connectivity index (χ3n) is 4.83. The first-order valence-corrected chi connectivity index (χ1v) is 10.2. The van der Waals surface area contributed by atoms with Crippen molar-refractivity contribution in [1.82, 2.24) is 15.2 Å². The summed E-state index contributed by atoms with van der Waals surface area (Å²) in [6.07, 6.45) is 1.79. The van der Waals surface area contributed by atoms with E-state index in [0.29, 0.717) is 20.9 Å². The second-order valence-electron chi connectivity index (χ2n) is 6.93. The van der Waals surface area contributed by atoms with E-state index in [-0.39, 0.29) is 18.1 Å². The minimum Gasteiger partial charge on any atom is -0.459 e. The van der Waals surface area contributed by atoms with E-state index in [4.69, 9.17) is 39.8 Å². The van der Waals surface area contributed by atoms with E-state index in [0.717, 1.165) is 17.0 Å². The average molecular weight is 432 g/mol. The third-order valence-corrected chi connectivity index (χ3v) is 5.97. The van der Waals surface area contributed by atoms with Crippen LogP contribution >= 0.6 is 35.4 Å². The van der Waals surface area contributed by atoms with Crippen LogP contribution in [0.25, 0.3) is 11.3 Å². The lowest BCUT2D eigenvalue weighted by Gasteiger charge is -2.29. The van der Waals surface area contributed by atoms with Crippen molar-refractivity contribution in [2.24, 2.45) is 0 Å². The monoisotopic (exact) mass is 431 g/mol. The van der Waals surface area contributed by atoms with Crippen molar-refractivity contribution in [2.45, 2.75) is 32.0 Å². The van der Waals surface area contributed by atoms with Gasteiger partial charge in [0.25, 0.3) is 0 Å². The fourth-order valence-corrected chi connectivity index (χ4v) is 4.42. The summed E-state index contributed by atoms with van der Waals surface area (Å²) in [6.45, 7) is 4.22. The van der Waals surface area contributed by atoms with E-state index >= 15 is 0 Å². The Kier molecular flexibility index (Phi) is 5.32. The summed E-state index contributed by atoms with van der Waals surface area (Å²) in [5.41, 5.74) is 1.68. The first-order chi connectivity index (χ1) is 13.5. The lowest BCUT2D eigenvalue weighted by Crippen LogP contribution is -2.35. The van der Waals surface area contributed by atoms with Gasteiger partial charge in [-0.15, -0.1) is 0 Å². The molecule has 1 fully saturated rings. The molecule has 3 heterocycles. The second kappa shape index (κ2) is 7.74. The molecule has 0 bridgehead atoms. The fraction of sp³-hybridized carbons (Fsp3) is 0.238. The van der Waals surface area contributed by atoms with Gasteiger partial charge in [0.05, 0.1) is 21.8 Å². The van der Waals surface area contributed by atoms with Crippen LogP contribution in [0.2, 0.25) is 10.0 Å². The fourth-order valence-electron chi connectivity index (χ4n) is 3.58. The highest BCUT2D eigenvalue weighted by Gasteiger charge is 2.42. The molecule has 0 aliphatic carbocycles. The molecule has 4 rings (SSSR count). The Hall–Kier alpha value is -2.08. The number of nitrogens with one attached hydrogen (secondary N) is 1. The van der Waals surface area contributed by atoms with Crippen molar-refractivity contribution in [3.63, 3.8) is 0 Å². The van der Waals surface area contributed by atoms with Gasteiger partial charge in [0.1, 0.15) is 17.6 Å². The number of aromatic nitrogens is 1. The van der Waals surface area contributed by atoms with Crippen molar-refractivity contribution in [3.8, 4) is 11.3 Å². The van der Waals surface area contributed by atoms with Gasteiger partial charge in [-0.2, -0.15) is 0 Å². The Morgan fingerprint density at radius 1 is 1.11 bits per heavy atom. The quantitative estimate of drug-likeness (QED) is 0.510. The molecule has 1 saturated heterocycles. The van der Waals surface area contributed by atoms with Crippen LogP contribution in [0.4, 0.5) is 0 Å². The predicted octanol–water partition coefficient (Wildman–Crippen LogP) is 6.03. The zero-order chi connectivity index (χ0) is 19.8. The van der Waals surface area contributed by atoms with Crippen molar-refractivity contribution in [3.05, 3.63) is 76.2 Å². The van der Waals surface area contributed by atoms with Crippen molar-refractivity contribution >= 4 is 40.5 Å². The molecular weight excluding hydrogens is 413 g/mol. The molecule has 144 valence electrons. The minimum atomic E-state index is -0.117. The maximum absolute atomic E-state index is 6.38. The minimum absolute atomic E-state index is 0.107. The summed E-state index contributed by atoms with van der Waals surface area (Å²) in [6, 6.07) is 15.2. The molecule has 0 unspecified atom stereocenters. The molecule has 0 saturated carbocycles. The predicted molar refractivity (Wildman–Crippen MR) is 117 cm³/mol. The van der Waals surface area contributed by atoms with Gasteiger partial charge in [0.2, 0.25) is 0 Å². The van der Waals surface area contributed by atoms with Crippen LogP contribution in [-0.2, 0) is 0 Å². The number of hydrogen-bond donors (Lipinski definition) is 1. The zero-order valence-electron chi connectivity index (χ0n) is 15.4. The molecule has 1 aliphatic rings. The van der Waals surface area contributed by atoms with Crippen molar-refractivity contribution in [1.29, 1.82) is 0 Å². The number of hydrogen-bond acceptors (Lipinski definition) is 3. The molecule has 0 amide bonds. The molecule has 1 aliphatic heterocycles. The van der Waals surface area contributed by atoms with Crippen LogP contribution in [0.15, 0.2) is 59.1 Å². The van der Waals surface area contributed by atoms with Crippen LogP contribution in [0, 0.1) is 0 Å². The molecular formula is C21H19Cl2N3OS. The Balaban J connectivity index is 1.77. The Morgan fingerprint density at radius 3 is 2.64 bits per heavy atom. The van der Waals surface area contributed by atoms with Crippen LogP contribution in [0.3, 0.4) is 0 Å². The molecule has 7 heteroatoms. The highest BCUT2D eigenvalue weighted by atomic mass is 35.5. The molecule has 2 aromatic heterocycles. The van der Waals surface area contributed by atoms with E-state index < -0.39 is 0 Å². The van der Waals surface area contributed by atoms with Gasteiger partial charge in [-0.25, -0.2) is 0 Å². The molecule has 1 aromatic carbocycles. The molecule has 28 heavy (non-hydrogen) atoms. The van der Waals surface area contributed by atoms with Gasteiger partial charge in [-0.3, -0.25) is 4.98 Å². The second-order valence-corrected chi connectivity index (χ2v) is 8.10. The first kappa shape index (κ1) is 19.2. The van der Waals surface area contributed by atoms with E-state index in [1.807, 2.05) is 42.5 Å². The molecule has 0 spiro atoms. The van der Waals surface area contributed by atoms with Gasteiger partial charge >= 0.3 is 0 Å². The van der Waals surface area contributed by atoms with Crippen molar-refractivity contribution in [2.75, 3.05) is 0 Å². The first-order valence-electron chi connectivity index (χ1n) is 9.01. The van der Waals surface area contributed by atoms with Gasteiger partial charge < -0.3 is 14.6 Å². The van der Waals surface area contributed by atoms with E-state index in [2.05, 4.69) is 29.0 Å². The molecule has 1 N–H and O–H groups in total. The lowest BCUT2D eigenvalue weighted by molar-refractivity contribution is 0.237.